The Kier molecular flexibility index (Phi) is 5.01. The fourth-order valence-electron chi connectivity index (χ4n) is 3.01. The zero-order valence-corrected chi connectivity index (χ0v) is 13.9. The maximum Gasteiger partial charge on any atom is 0.313 e. The normalized spacial score (nSPS) is 18.5. The van der Waals surface area contributed by atoms with E-state index in [1.165, 1.54) is 12.1 Å². The van der Waals surface area contributed by atoms with Crippen LogP contribution < -0.4 is 10.6 Å². The summed E-state index contributed by atoms with van der Waals surface area (Å²) >= 11 is 5.58. The Morgan fingerprint density at radius 1 is 1.20 bits per heavy atom. The highest BCUT2D eigenvalue weighted by Crippen LogP contribution is 2.35. The summed E-state index contributed by atoms with van der Waals surface area (Å²) in [6, 6.07) is 10.8. The first-order valence-corrected chi connectivity index (χ1v) is 8.13. The van der Waals surface area contributed by atoms with Crippen LogP contribution in [0, 0.1) is 11.7 Å². The summed E-state index contributed by atoms with van der Waals surface area (Å²) < 4.78 is 13.4. The summed E-state index contributed by atoms with van der Waals surface area (Å²) in [6.07, 6.45) is 0.627. The standard InChI is InChI=1S/C18H16ClFN2O3/c19-14-6-5-12(8-15(14)20)21-17(24)18(25)22-16-11(9-23)7-10-3-1-2-4-13(10)16/h1-6,8,11,16,23H,7,9H2,(H,21,24)(H,22,25)/t11-,16+/m1/s1. The first-order chi connectivity index (χ1) is 12.0. The van der Waals surface area contributed by atoms with Crippen molar-refractivity contribution in [2.24, 2.45) is 5.92 Å². The van der Waals surface area contributed by atoms with E-state index in [0.717, 1.165) is 17.2 Å². The van der Waals surface area contributed by atoms with E-state index >= 15 is 0 Å². The molecule has 0 fully saturated rings. The Morgan fingerprint density at radius 2 is 1.96 bits per heavy atom. The molecule has 0 saturated carbocycles. The van der Waals surface area contributed by atoms with Crippen molar-refractivity contribution in [3.8, 4) is 0 Å². The van der Waals surface area contributed by atoms with Gasteiger partial charge in [0.15, 0.2) is 0 Å². The molecule has 25 heavy (non-hydrogen) atoms. The Morgan fingerprint density at radius 3 is 2.68 bits per heavy atom. The van der Waals surface area contributed by atoms with Crippen LogP contribution in [0.1, 0.15) is 17.2 Å². The lowest BCUT2D eigenvalue weighted by Crippen LogP contribution is -2.40. The molecule has 0 saturated heterocycles. The number of aliphatic hydroxyl groups excluding tert-OH is 1. The van der Waals surface area contributed by atoms with E-state index in [4.69, 9.17) is 11.6 Å². The molecule has 3 rings (SSSR count). The van der Waals surface area contributed by atoms with Gasteiger partial charge in [0.1, 0.15) is 5.82 Å². The number of rotatable bonds is 3. The SMILES string of the molecule is O=C(Nc1ccc(Cl)c(F)c1)C(=O)N[C@@H]1c2ccccc2C[C@@H]1CO. The molecule has 0 spiro atoms. The molecular weight excluding hydrogens is 347 g/mol. The van der Waals surface area contributed by atoms with Crippen molar-refractivity contribution in [1.29, 1.82) is 0 Å². The van der Waals surface area contributed by atoms with Gasteiger partial charge in [0.25, 0.3) is 0 Å². The summed E-state index contributed by atoms with van der Waals surface area (Å²) in [5.74, 6) is -2.65. The molecule has 7 heteroatoms. The first kappa shape index (κ1) is 17.4. The van der Waals surface area contributed by atoms with Gasteiger partial charge in [0.05, 0.1) is 11.1 Å². The summed E-state index contributed by atoms with van der Waals surface area (Å²) in [4.78, 5) is 24.3. The van der Waals surface area contributed by atoms with Crippen LogP contribution in [-0.4, -0.2) is 23.5 Å². The average molecular weight is 363 g/mol. The second-order valence-electron chi connectivity index (χ2n) is 5.88. The Labute approximate surface area is 148 Å². The van der Waals surface area contributed by atoms with Crippen LogP contribution >= 0.6 is 11.6 Å². The number of fused-ring (bicyclic) bond motifs is 1. The van der Waals surface area contributed by atoms with Gasteiger partial charge in [0, 0.05) is 18.2 Å². The van der Waals surface area contributed by atoms with Gasteiger partial charge >= 0.3 is 11.8 Å². The van der Waals surface area contributed by atoms with Gasteiger partial charge in [-0.15, -0.1) is 0 Å². The molecule has 2 atom stereocenters. The Hall–Kier alpha value is -2.44. The fraction of sp³-hybridized carbons (Fsp3) is 0.222. The van der Waals surface area contributed by atoms with Gasteiger partial charge in [-0.05, 0) is 35.7 Å². The second kappa shape index (κ2) is 7.21. The quantitative estimate of drug-likeness (QED) is 0.734. The van der Waals surface area contributed by atoms with E-state index in [-0.39, 0.29) is 23.2 Å². The first-order valence-electron chi connectivity index (χ1n) is 7.75. The molecule has 2 aromatic rings. The summed E-state index contributed by atoms with van der Waals surface area (Å²) in [7, 11) is 0. The molecule has 0 unspecified atom stereocenters. The second-order valence-corrected chi connectivity index (χ2v) is 6.29. The third-order valence-corrected chi connectivity index (χ3v) is 4.55. The smallest absolute Gasteiger partial charge is 0.313 e. The maximum absolute atomic E-state index is 13.4. The van der Waals surface area contributed by atoms with Crippen LogP contribution in [0.5, 0.6) is 0 Å². The average Bonchev–Trinajstić information content (AvgIpc) is 2.96. The van der Waals surface area contributed by atoms with Crippen LogP contribution in [0.25, 0.3) is 0 Å². The summed E-state index contributed by atoms with van der Waals surface area (Å²) in [5, 5.41) is 14.5. The number of amides is 2. The highest BCUT2D eigenvalue weighted by molar-refractivity contribution is 6.39. The van der Waals surface area contributed by atoms with Gasteiger partial charge in [0.2, 0.25) is 0 Å². The van der Waals surface area contributed by atoms with E-state index in [2.05, 4.69) is 10.6 Å². The number of benzene rings is 2. The molecule has 0 aromatic heterocycles. The number of nitrogens with one attached hydrogen (secondary N) is 2. The van der Waals surface area contributed by atoms with Crippen LogP contribution in [0.3, 0.4) is 0 Å². The summed E-state index contributed by atoms with van der Waals surface area (Å²) in [5.41, 5.74) is 2.06. The number of anilines is 1. The topological polar surface area (TPSA) is 78.4 Å². The van der Waals surface area contributed by atoms with Gasteiger partial charge < -0.3 is 15.7 Å². The minimum Gasteiger partial charge on any atom is -0.396 e. The van der Waals surface area contributed by atoms with Crippen molar-refractivity contribution in [3.05, 3.63) is 64.4 Å². The zero-order chi connectivity index (χ0) is 18.0. The number of carbonyl (C=O) groups is 2. The predicted octanol–water partition coefficient (Wildman–Crippen LogP) is 2.44. The molecule has 1 aliphatic carbocycles. The van der Waals surface area contributed by atoms with E-state index < -0.39 is 23.7 Å². The third kappa shape index (κ3) is 3.65. The van der Waals surface area contributed by atoms with E-state index in [9.17, 15) is 19.1 Å². The van der Waals surface area contributed by atoms with E-state index in [0.29, 0.717) is 6.42 Å². The molecule has 1 aliphatic rings. The summed E-state index contributed by atoms with van der Waals surface area (Å²) in [6.45, 7) is -0.107. The van der Waals surface area contributed by atoms with Crippen molar-refractivity contribution < 1.29 is 19.1 Å². The van der Waals surface area contributed by atoms with Gasteiger partial charge in [-0.25, -0.2) is 4.39 Å². The van der Waals surface area contributed by atoms with Crippen molar-refractivity contribution in [2.75, 3.05) is 11.9 Å². The van der Waals surface area contributed by atoms with Crippen molar-refractivity contribution >= 4 is 29.1 Å². The lowest BCUT2D eigenvalue weighted by atomic mass is 10.0. The molecule has 3 N–H and O–H groups in total. The number of halogens is 2. The van der Waals surface area contributed by atoms with Crippen molar-refractivity contribution in [1.82, 2.24) is 5.32 Å². The van der Waals surface area contributed by atoms with Gasteiger partial charge in [-0.3, -0.25) is 9.59 Å². The van der Waals surface area contributed by atoms with Crippen LogP contribution in [0.4, 0.5) is 10.1 Å². The number of aliphatic hydroxyl groups is 1. The highest BCUT2D eigenvalue weighted by Gasteiger charge is 2.34. The van der Waals surface area contributed by atoms with Crippen LogP contribution in [0.2, 0.25) is 5.02 Å². The van der Waals surface area contributed by atoms with E-state index in [1.807, 2.05) is 24.3 Å². The molecule has 2 aromatic carbocycles. The van der Waals surface area contributed by atoms with Gasteiger partial charge in [-0.1, -0.05) is 35.9 Å². The molecule has 5 nitrogen and oxygen atoms in total. The third-order valence-electron chi connectivity index (χ3n) is 4.25. The lowest BCUT2D eigenvalue weighted by molar-refractivity contribution is -0.136. The Bertz CT molecular complexity index is 828. The zero-order valence-electron chi connectivity index (χ0n) is 13.1. The van der Waals surface area contributed by atoms with Crippen LogP contribution in [-0.2, 0) is 16.0 Å². The maximum atomic E-state index is 13.4. The molecule has 0 heterocycles. The molecule has 130 valence electrons. The largest absolute Gasteiger partial charge is 0.396 e. The van der Waals surface area contributed by atoms with Crippen molar-refractivity contribution in [3.63, 3.8) is 0 Å². The minimum absolute atomic E-state index is 0.0733. The number of carbonyl (C=O) groups excluding carboxylic acids is 2. The number of hydrogen-bond acceptors (Lipinski definition) is 3. The molecule has 0 bridgehead atoms. The molecule has 2 amide bonds. The highest BCUT2D eigenvalue weighted by atomic mass is 35.5. The van der Waals surface area contributed by atoms with Gasteiger partial charge in [-0.2, -0.15) is 0 Å². The Balaban J connectivity index is 1.70. The predicted molar refractivity (Wildman–Crippen MR) is 91.6 cm³/mol. The number of hydrogen-bond donors (Lipinski definition) is 3. The monoisotopic (exact) mass is 362 g/mol. The fourth-order valence-corrected chi connectivity index (χ4v) is 3.13. The van der Waals surface area contributed by atoms with Crippen LogP contribution in [0.15, 0.2) is 42.5 Å². The lowest BCUT2D eigenvalue weighted by Gasteiger charge is -2.20. The van der Waals surface area contributed by atoms with E-state index in [1.54, 1.807) is 0 Å². The minimum atomic E-state index is -0.914. The van der Waals surface area contributed by atoms with Crippen molar-refractivity contribution in [2.45, 2.75) is 12.5 Å². The molecule has 0 radical (unpaired) electrons. The molecule has 0 aliphatic heterocycles. The molecular formula is C18H16ClFN2O3.